The first-order valence-corrected chi connectivity index (χ1v) is 20.4. The topological polar surface area (TPSA) is 145 Å². The first-order valence-electron chi connectivity index (χ1n) is 20.4. The van der Waals surface area contributed by atoms with Gasteiger partial charge in [-0.25, -0.2) is 9.80 Å². The molecule has 0 unspecified atom stereocenters. The Morgan fingerprint density at radius 2 is 1.28 bits per heavy atom. The number of carbonyl (C=O) groups excluding carboxylic acids is 4. The zero-order valence-corrected chi connectivity index (χ0v) is 36.6. The molecule has 2 aromatic rings. The van der Waals surface area contributed by atoms with Crippen LogP contribution in [0.25, 0.3) is 0 Å². The van der Waals surface area contributed by atoms with Crippen LogP contribution in [0.15, 0.2) is 60.7 Å². The predicted molar refractivity (Wildman–Crippen MR) is 224 cm³/mol. The molecule has 0 bridgehead atoms. The molecular formula is C45H72N4O8. The van der Waals surface area contributed by atoms with Crippen molar-refractivity contribution in [3.05, 3.63) is 71.8 Å². The van der Waals surface area contributed by atoms with Gasteiger partial charge in [-0.2, -0.15) is 0 Å². The van der Waals surface area contributed by atoms with Gasteiger partial charge in [0.1, 0.15) is 24.8 Å². The second-order valence-electron chi connectivity index (χ2n) is 17.7. The molecule has 3 N–H and O–H groups in total. The summed E-state index contributed by atoms with van der Waals surface area (Å²) in [5.41, 5.74) is 1.94. The molecule has 0 saturated carbocycles. The Bertz CT molecular complexity index is 1510. The number of nitrogens with zero attached hydrogens (tertiary/aromatic N) is 1. The van der Waals surface area contributed by atoms with Crippen LogP contribution in [-0.4, -0.2) is 83.9 Å². The van der Waals surface area contributed by atoms with E-state index in [9.17, 15) is 19.2 Å². The second kappa shape index (κ2) is 23.5. The summed E-state index contributed by atoms with van der Waals surface area (Å²) >= 11 is 0. The third-order valence-electron chi connectivity index (χ3n) is 9.91. The Balaban J connectivity index is 1.96. The molecule has 57 heavy (non-hydrogen) atoms. The van der Waals surface area contributed by atoms with Gasteiger partial charge in [0, 0.05) is 32.2 Å². The normalized spacial score (nSPS) is 13.0. The summed E-state index contributed by atoms with van der Waals surface area (Å²) in [4.78, 5) is 53.0. The molecule has 1 atom stereocenters. The molecule has 0 aliphatic carbocycles. The lowest BCUT2D eigenvalue weighted by molar-refractivity contribution is -0.160. The number of nitrogens with one attached hydrogen (secondary N) is 3. The molecule has 2 rings (SSSR count). The summed E-state index contributed by atoms with van der Waals surface area (Å²) in [5.74, 6) is -1.46. The lowest BCUT2D eigenvalue weighted by Crippen LogP contribution is -2.60. The van der Waals surface area contributed by atoms with Crippen molar-refractivity contribution in [2.24, 2.45) is 5.92 Å². The van der Waals surface area contributed by atoms with Crippen molar-refractivity contribution in [3.63, 3.8) is 0 Å². The highest BCUT2D eigenvalue weighted by atomic mass is 16.5. The van der Waals surface area contributed by atoms with Crippen molar-refractivity contribution < 1.29 is 38.1 Å². The molecule has 0 radical (unpaired) electrons. The zero-order chi connectivity index (χ0) is 42.7. The van der Waals surface area contributed by atoms with Crippen LogP contribution in [0.4, 0.5) is 0 Å². The maximum Gasteiger partial charge on any atom is 0.328 e. The lowest BCUT2D eigenvalue weighted by atomic mass is 9.98. The maximum atomic E-state index is 13.7. The van der Waals surface area contributed by atoms with Crippen molar-refractivity contribution in [1.29, 1.82) is 0 Å². The molecule has 320 valence electrons. The van der Waals surface area contributed by atoms with Gasteiger partial charge in [0.2, 0.25) is 5.91 Å². The van der Waals surface area contributed by atoms with Gasteiger partial charge in [-0.3, -0.25) is 19.8 Å². The van der Waals surface area contributed by atoms with Gasteiger partial charge in [0.05, 0.1) is 17.6 Å². The van der Waals surface area contributed by atoms with Gasteiger partial charge >= 0.3 is 11.9 Å². The fourth-order valence-corrected chi connectivity index (χ4v) is 5.70. The Hall–Kier alpha value is -3.84. The number of esters is 2. The molecule has 0 aromatic heterocycles. The number of carbonyl (C=O) groups is 4. The number of amides is 2. The van der Waals surface area contributed by atoms with Gasteiger partial charge < -0.3 is 29.6 Å². The SMILES string of the molecule is CC(C)CCOC(C)(C)CCCNC(C)(C)CCOC(C)(C)CC(=O)N[C@@H](CCC(=O)OCc1ccccc1)C(=O)NN(C)C(C)(C)C(=O)OCc1ccccc1. The van der Waals surface area contributed by atoms with E-state index in [4.69, 9.17) is 18.9 Å². The van der Waals surface area contributed by atoms with E-state index in [1.165, 1.54) is 5.01 Å². The molecule has 12 heteroatoms. The Morgan fingerprint density at radius 3 is 1.86 bits per heavy atom. The van der Waals surface area contributed by atoms with Crippen molar-refractivity contribution in [3.8, 4) is 0 Å². The fourth-order valence-electron chi connectivity index (χ4n) is 5.70. The van der Waals surface area contributed by atoms with E-state index in [2.05, 4.69) is 57.6 Å². The van der Waals surface area contributed by atoms with Crippen LogP contribution < -0.4 is 16.1 Å². The summed E-state index contributed by atoms with van der Waals surface area (Å²) in [6.07, 6.45) is 3.54. The quantitative estimate of drug-likeness (QED) is 0.0489. The lowest BCUT2D eigenvalue weighted by Gasteiger charge is -2.34. The average molecular weight is 797 g/mol. The van der Waals surface area contributed by atoms with E-state index >= 15 is 0 Å². The van der Waals surface area contributed by atoms with Crippen molar-refractivity contribution in [2.75, 3.05) is 26.8 Å². The number of rotatable bonds is 27. The van der Waals surface area contributed by atoms with Crippen LogP contribution >= 0.6 is 0 Å². The molecule has 0 heterocycles. The molecule has 0 aliphatic heterocycles. The average Bonchev–Trinajstić information content (AvgIpc) is 3.13. The highest BCUT2D eigenvalue weighted by Gasteiger charge is 2.37. The fraction of sp³-hybridized carbons (Fsp3) is 0.644. The van der Waals surface area contributed by atoms with Gasteiger partial charge in [0.15, 0.2) is 0 Å². The summed E-state index contributed by atoms with van der Waals surface area (Å²) in [6.45, 7) is 22.1. The first kappa shape index (κ1) is 49.3. The second-order valence-corrected chi connectivity index (χ2v) is 17.7. The molecule has 0 saturated heterocycles. The third-order valence-corrected chi connectivity index (χ3v) is 9.91. The Morgan fingerprint density at radius 1 is 0.719 bits per heavy atom. The van der Waals surface area contributed by atoms with E-state index in [0.717, 1.165) is 50.0 Å². The van der Waals surface area contributed by atoms with Gasteiger partial charge in [0.25, 0.3) is 5.91 Å². The van der Waals surface area contributed by atoms with E-state index < -0.39 is 40.9 Å². The number of likely N-dealkylation sites (N-methyl/N-ethyl adjacent to an activating group) is 1. The predicted octanol–water partition coefficient (Wildman–Crippen LogP) is 7.04. The van der Waals surface area contributed by atoms with E-state index in [1.807, 2.05) is 74.5 Å². The molecule has 2 amide bonds. The number of hydrogen-bond acceptors (Lipinski definition) is 10. The molecule has 0 aliphatic rings. The van der Waals surface area contributed by atoms with Gasteiger partial charge in [-0.15, -0.1) is 0 Å². The van der Waals surface area contributed by atoms with Crippen LogP contribution in [0.5, 0.6) is 0 Å². The molecule has 0 fully saturated rings. The summed E-state index contributed by atoms with van der Waals surface area (Å²) in [7, 11) is 1.55. The van der Waals surface area contributed by atoms with E-state index in [-0.39, 0.29) is 43.6 Å². The Labute approximate surface area is 342 Å². The summed E-state index contributed by atoms with van der Waals surface area (Å²) < 4.78 is 23.3. The largest absolute Gasteiger partial charge is 0.461 e. The highest BCUT2D eigenvalue weighted by molar-refractivity contribution is 5.88. The first-order chi connectivity index (χ1) is 26.6. The van der Waals surface area contributed by atoms with Crippen molar-refractivity contribution in [1.82, 2.24) is 21.1 Å². The smallest absolute Gasteiger partial charge is 0.328 e. The molecule has 0 spiro atoms. The number of benzene rings is 2. The summed E-state index contributed by atoms with van der Waals surface area (Å²) in [6, 6.07) is 17.5. The zero-order valence-electron chi connectivity index (χ0n) is 36.6. The summed E-state index contributed by atoms with van der Waals surface area (Å²) in [5, 5.41) is 7.78. The Kier molecular flexibility index (Phi) is 20.4. The van der Waals surface area contributed by atoms with Crippen LogP contribution in [0, 0.1) is 5.92 Å². The minimum Gasteiger partial charge on any atom is -0.461 e. The van der Waals surface area contributed by atoms with E-state index in [1.54, 1.807) is 20.9 Å². The third kappa shape index (κ3) is 20.4. The highest BCUT2D eigenvalue weighted by Crippen LogP contribution is 2.21. The number of hydrazine groups is 1. The minimum atomic E-state index is -1.26. The van der Waals surface area contributed by atoms with E-state index in [0.29, 0.717) is 12.5 Å². The monoisotopic (exact) mass is 797 g/mol. The minimum absolute atomic E-state index is 0.0257. The van der Waals surface area contributed by atoms with Gasteiger partial charge in [-0.05, 0) is 111 Å². The maximum absolute atomic E-state index is 13.7. The van der Waals surface area contributed by atoms with Crippen LogP contribution in [0.2, 0.25) is 0 Å². The van der Waals surface area contributed by atoms with Crippen LogP contribution in [0.1, 0.15) is 125 Å². The van der Waals surface area contributed by atoms with Gasteiger partial charge in [-0.1, -0.05) is 74.5 Å². The van der Waals surface area contributed by atoms with Crippen LogP contribution in [0.3, 0.4) is 0 Å². The molecule has 12 nitrogen and oxygen atoms in total. The number of hydrogen-bond donors (Lipinski definition) is 3. The number of ether oxygens (including phenoxy) is 4. The standard InChI is InChI=1S/C45H72N4O8/c1-34(2)25-29-56-43(5,6)26-18-28-46-42(3,4)27-30-57-44(7,8)31-38(50)47-37(23-24-39(51)54-32-35-19-14-12-15-20-35)40(52)48-49(11)45(9,10)41(53)55-33-36-21-16-13-17-22-36/h12-17,19-22,34,37,46H,18,23-33H2,1-11H3,(H,47,50)(H,48,52)/t37-/m0/s1. The van der Waals surface area contributed by atoms with Crippen molar-refractivity contribution >= 4 is 23.8 Å². The molecular weight excluding hydrogens is 725 g/mol. The van der Waals surface area contributed by atoms with Crippen LogP contribution in [-0.2, 0) is 51.3 Å². The van der Waals surface area contributed by atoms with Crippen molar-refractivity contribution in [2.45, 2.75) is 156 Å². The molecule has 2 aromatic carbocycles.